The fraction of sp³-hybridized carbons (Fsp3) is 0.333. The molecule has 0 unspecified atom stereocenters. The number of nitrogens with zero attached hydrogens (tertiary/aromatic N) is 5. The predicted molar refractivity (Wildman–Crippen MR) is 153 cm³/mol. The highest BCUT2D eigenvalue weighted by atomic mass is 79.9. The molecule has 0 aliphatic carbocycles. The van der Waals surface area contributed by atoms with Crippen LogP contribution < -0.4 is 21.8 Å². The van der Waals surface area contributed by atoms with Gasteiger partial charge in [-0.25, -0.2) is 14.2 Å². The summed E-state index contributed by atoms with van der Waals surface area (Å²) < 4.78 is 5.10. The quantitative estimate of drug-likeness (QED) is 0.358. The zero-order valence-electron chi connectivity index (χ0n) is 21.7. The summed E-state index contributed by atoms with van der Waals surface area (Å²) in [6, 6.07) is 7.26. The van der Waals surface area contributed by atoms with E-state index in [0.717, 1.165) is 63.7 Å². The Morgan fingerprint density at radius 2 is 1.61 bits per heavy atom. The number of anilines is 1. The lowest BCUT2D eigenvalue weighted by molar-refractivity contribution is 0.430. The molecule has 1 aliphatic heterocycles. The van der Waals surface area contributed by atoms with Gasteiger partial charge >= 0.3 is 11.4 Å². The van der Waals surface area contributed by atoms with Gasteiger partial charge in [0.05, 0.1) is 28.1 Å². The van der Waals surface area contributed by atoms with Crippen LogP contribution in [0.5, 0.6) is 5.88 Å². The number of aromatic hydroxyl groups is 1. The number of rotatable bonds is 4. The van der Waals surface area contributed by atoms with Gasteiger partial charge in [-0.3, -0.25) is 23.9 Å². The summed E-state index contributed by atoms with van der Waals surface area (Å²) in [6.07, 6.45) is 4.53. The number of hydrogen-bond acceptors (Lipinski definition) is 6. The Hall–Kier alpha value is -3.86. The molecule has 1 saturated heterocycles. The van der Waals surface area contributed by atoms with Gasteiger partial charge < -0.3 is 10.0 Å². The minimum absolute atomic E-state index is 0.142. The Morgan fingerprint density at radius 1 is 0.947 bits per heavy atom. The lowest BCUT2D eigenvalue weighted by Crippen LogP contribution is -2.31. The Bertz CT molecular complexity index is 1790. The Kier molecular flexibility index (Phi) is 6.64. The first-order valence-corrected chi connectivity index (χ1v) is 13.2. The third-order valence-electron chi connectivity index (χ3n) is 7.45. The third kappa shape index (κ3) is 4.20. The molecule has 2 aromatic heterocycles. The molecular formula is C27H29BrN6O4. The number of H-pyrrole nitrogens is 1. The number of nitrogens with one attached hydrogen (secondary N) is 1. The minimum atomic E-state index is -0.746. The number of halogens is 1. The standard InChI is InChI=1S/C27H29BrN6O4/c1-15-16(2)20(9-8-18(15)28)34-25(36)17(24(35)30-26(34)37)14-29-19-12-22-23(32(4)27(38)31(22)3)13-21(19)33-10-6-5-7-11-33/h8-9,12-14,36H,5-7,10-11H2,1-4H3,(H,30,35,37). The number of benzene rings is 2. The number of imidazole rings is 1. The first-order valence-electron chi connectivity index (χ1n) is 12.4. The fourth-order valence-electron chi connectivity index (χ4n) is 5.04. The van der Waals surface area contributed by atoms with Crippen molar-refractivity contribution in [3.63, 3.8) is 0 Å². The Balaban J connectivity index is 1.69. The van der Waals surface area contributed by atoms with Crippen molar-refractivity contribution >= 4 is 44.6 Å². The maximum absolute atomic E-state index is 12.8. The zero-order valence-corrected chi connectivity index (χ0v) is 23.3. The third-order valence-corrected chi connectivity index (χ3v) is 8.31. The van der Waals surface area contributed by atoms with Crippen molar-refractivity contribution in [3.8, 4) is 11.6 Å². The number of fused-ring (bicyclic) bond motifs is 1. The van der Waals surface area contributed by atoms with Gasteiger partial charge in [0.25, 0.3) is 5.56 Å². The van der Waals surface area contributed by atoms with Crippen molar-refractivity contribution in [1.82, 2.24) is 18.7 Å². The second-order valence-electron chi connectivity index (χ2n) is 9.68. The molecule has 10 nitrogen and oxygen atoms in total. The average molecular weight is 581 g/mol. The van der Waals surface area contributed by atoms with Crippen molar-refractivity contribution in [2.75, 3.05) is 18.0 Å². The molecule has 3 heterocycles. The van der Waals surface area contributed by atoms with Gasteiger partial charge in [-0.1, -0.05) is 15.9 Å². The summed E-state index contributed by atoms with van der Waals surface area (Å²) in [5.74, 6) is -0.500. The molecule has 2 N–H and O–H groups in total. The summed E-state index contributed by atoms with van der Waals surface area (Å²) in [5.41, 5.74) is 3.25. The molecule has 4 aromatic rings. The molecule has 1 aliphatic rings. The normalized spacial score (nSPS) is 14.2. The molecule has 0 atom stereocenters. The van der Waals surface area contributed by atoms with Crippen LogP contribution in [0.4, 0.5) is 11.4 Å². The van der Waals surface area contributed by atoms with Crippen LogP contribution in [0, 0.1) is 13.8 Å². The Labute approximate surface area is 226 Å². The van der Waals surface area contributed by atoms with Crippen LogP contribution >= 0.6 is 15.9 Å². The largest absolute Gasteiger partial charge is 0.493 e. The zero-order chi connectivity index (χ0) is 27.3. The monoisotopic (exact) mass is 580 g/mol. The topological polar surface area (TPSA) is 118 Å². The first-order chi connectivity index (χ1) is 18.1. The average Bonchev–Trinajstić information content (AvgIpc) is 3.11. The Morgan fingerprint density at radius 3 is 2.29 bits per heavy atom. The molecule has 0 bridgehead atoms. The van der Waals surface area contributed by atoms with Gasteiger partial charge in [0.2, 0.25) is 5.88 Å². The molecule has 198 valence electrons. The highest BCUT2D eigenvalue weighted by molar-refractivity contribution is 9.10. The van der Waals surface area contributed by atoms with Gasteiger partial charge in [-0.2, -0.15) is 0 Å². The number of aliphatic imine (C=N–C) groups is 1. The number of piperidine rings is 1. The predicted octanol–water partition coefficient (Wildman–Crippen LogP) is 3.54. The van der Waals surface area contributed by atoms with E-state index in [1.54, 1.807) is 35.4 Å². The van der Waals surface area contributed by atoms with E-state index in [2.05, 4.69) is 30.8 Å². The van der Waals surface area contributed by atoms with Crippen LogP contribution in [-0.4, -0.2) is 43.1 Å². The molecule has 0 spiro atoms. The summed E-state index contributed by atoms with van der Waals surface area (Å²) in [7, 11) is 3.44. The molecule has 0 saturated carbocycles. The van der Waals surface area contributed by atoms with E-state index in [1.165, 1.54) is 6.21 Å². The molecule has 0 amide bonds. The molecule has 1 fully saturated rings. The lowest BCUT2D eigenvalue weighted by atomic mass is 10.1. The highest BCUT2D eigenvalue weighted by Gasteiger charge is 2.20. The fourth-order valence-corrected chi connectivity index (χ4v) is 5.47. The second kappa shape index (κ2) is 9.79. The van der Waals surface area contributed by atoms with Crippen LogP contribution in [0.3, 0.4) is 0 Å². The van der Waals surface area contributed by atoms with Gasteiger partial charge in [0.1, 0.15) is 5.56 Å². The smallest absolute Gasteiger partial charge is 0.335 e. The number of aryl methyl sites for hydroxylation is 2. The van der Waals surface area contributed by atoms with Crippen molar-refractivity contribution in [2.45, 2.75) is 33.1 Å². The summed E-state index contributed by atoms with van der Waals surface area (Å²) in [5, 5.41) is 11.1. The number of aromatic nitrogens is 4. The van der Waals surface area contributed by atoms with Crippen molar-refractivity contribution in [3.05, 3.63) is 76.8 Å². The summed E-state index contributed by atoms with van der Waals surface area (Å²) >= 11 is 3.48. The lowest BCUT2D eigenvalue weighted by Gasteiger charge is -2.30. The molecule has 2 aromatic carbocycles. The van der Waals surface area contributed by atoms with E-state index < -0.39 is 17.1 Å². The molecule has 0 radical (unpaired) electrons. The van der Waals surface area contributed by atoms with Crippen molar-refractivity contribution in [1.29, 1.82) is 0 Å². The first kappa shape index (κ1) is 25.8. The molecular weight excluding hydrogens is 552 g/mol. The van der Waals surface area contributed by atoms with Crippen LogP contribution in [0.2, 0.25) is 0 Å². The van der Waals surface area contributed by atoms with Crippen LogP contribution in [0.1, 0.15) is 36.0 Å². The van der Waals surface area contributed by atoms with E-state index in [1.807, 2.05) is 26.0 Å². The van der Waals surface area contributed by atoms with Gasteiger partial charge in [0, 0.05) is 37.9 Å². The van der Waals surface area contributed by atoms with Crippen LogP contribution in [-0.2, 0) is 14.1 Å². The maximum Gasteiger partial charge on any atom is 0.335 e. The number of aromatic amines is 1. The van der Waals surface area contributed by atoms with E-state index in [9.17, 15) is 19.5 Å². The molecule has 38 heavy (non-hydrogen) atoms. The van der Waals surface area contributed by atoms with E-state index in [0.29, 0.717) is 16.9 Å². The van der Waals surface area contributed by atoms with Gasteiger partial charge in [0.15, 0.2) is 0 Å². The van der Waals surface area contributed by atoms with Crippen LogP contribution in [0.25, 0.3) is 16.7 Å². The van der Waals surface area contributed by atoms with E-state index >= 15 is 0 Å². The van der Waals surface area contributed by atoms with Gasteiger partial charge in [-0.05, 0) is 68.5 Å². The van der Waals surface area contributed by atoms with E-state index in [4.69, 9.17) is 0 Å². The van der Waals surface area contributed by atoms with E-state index in [-0.39, 0.29) is 11.3 Å². The van der Waals surface area contributed by atoms with Crippen molar-refractivity contribution in [2.24, 2.45) is 19.1 Å². The van der Waals surface area contributed by atoms with Gasteiger partial charge in [-0.15, -0.1) is 0 Å². The summed E-state index contributed by atoms with van der Waals surface area (Å²) in [6.45, 7) is 5.44. The maximum atomic E-state index is 12.8. The molecule has 11 heteroatoms. The SMILES string of the molecule is Cc1c(Br)ccc(-n2c(O)c(C=Nc3cc4c(cc3N3CCCCC3)n(C)c(=O)n4C)c(=O)[nH]c2=O)c1C. The van der Waals surface area contributed by atoms with Crippen molar-refractivity contribution < 1.29 is 5.11 Å². The minimum Gasteiger partial charge on any atom is -0.493 e. The number of hydrogen-bond donors (Lipinski definition) is 2. The molecule has 5 rings (SSSR count). The highest BCUT2D eigenvalue weighted by Crippen LogP contribution is 2.35. The second-order valence-corrected chi connectivity index (χ2v) is 10.5. The summed E-state index contributed by atoms with van der Waals surface area (Å²) in [4.78, 5) is 47.3. The van der Waals surface area contributed by atoms with Crippen LogP contribution in [0.15, 0.2) is 48.1 Å².